The molecule has 0 fully saturated rings. The lowest BCUT2D eigenvalue weighted by Crippen LogP contribution is -2.07. The Kier molecular flexibility index (Phi) is 5.13. The van der Waals surface area contributed by atoms with Crippen molar-refractivity contribution in [2.24, 2.45) is 0 Å². The third kappa shape index (κ3) is 2.93. The molecular formula is C24H4F12. The highest BCUT2D eigenvalue weighted by atomic mass is 19.2. The molecule has 0 saturated carbocycles. The van der Waals surface area contributed by atoms with Crippen molar-refractivity contribution in [3.8, 4) is 11.1 Å². The fourth-order valence-electron chi connectivity index (χ4n) is 4.14. The van der Waals surface area contributed by atoms with Crippen molar-refractivity contribution in [2.75, 3.05) is 0 Å². The normalized spacial score (nSPS) is 11.9. The lowest BCUT2D eigenvalue weighted by atomic mass is 9.91. The van der Waals surface area contributed by atoms with Crippen molar-refractivity contribution in [1.29, 1.82) is 0 Å². The summed E-state index contributed by atoms with van der Waals surface area (Å²) in [6.45, 7) is 0. The Bertz CT molecular complexity index is 1810. The number of hydrogen-bond donors (Lipinski definition) is 0. The van der Waals surface area contributed by atoms with Crippen LogP contribution in [-0.2, 0) is 0 Å². The molecule has 0 saturated heterocycles. The van der Waals surface area contributed by atoms with E-state index in [2.05, 4.69) is 0 Å². The maximum atomic E-state index is 15.4. The van der Waals surface area contributed by atoms with Crippen LogP contribution in [0.4, 0.5) is 52.7 Å². The van der Waals surface area contributed by atoms with E-state index in [1.54, 1.807) is 0 Å². The molecule has 0 atom stereocenters. The molecule has 0 N–H and O–H groups in total. The Morgan fingerprint density at radius 1 is 0.333 bits per heavy atom. The molecule has 36 heavy (non-hydrogen) atoms. The van der Waals surface area contributed by atoms with Gasteiger partial charge in [-0.25, -0.2) is 52.7 Å². The summed E-state index contributed by atoms with van der Waals surface area (Å²) in [5.74, 6) is -26.6. The minimum atomic E-state index is -2.59. The molecule has 184 valence electrons. The molecule has 0 aliphatic heterocycles. The van der Waals surface area contributed by atoms with Gasteiger partial charge in [0.2, 0.25) is 0 Å². The highest BCUT2D eigenvalue weighted by Crippen LogP contribution is 2.44. The predicted molar refractivity (Wildman–Crippen MR) is 104 cm³/mol. The second kappa shape index (κ2) is 7.77. The van der Waals surface area contributed by atoms with Gasteiger partial charge < -0.3 is 0 Å². The van der Waals surface area contributed by atoms with E-state index in [0.717, 1.165) is 6.07 Å². The van der Waals surface area contributed by atoms with Crippen LogP contribution in [0.5, 0.6) is 0 Å². The summed E-state index contributed by atoms with van der Waals surface area (Å²) in [6.07, 6.45) is 0. The van der Waals surface area contributed by atoms with E-state index in [4.69, 9.17) is 0 Å². The topological polar surface area (TPSA) is 0 Å². The summed E-state index contributed by atoms with van der Waals surface area (Å²) in [5.41, 5.74) is -2.34. The predicted octanol–water partition coefficient (Wildman–Crippen LogP) is 8.48. The van der Waals surface area contributed by atoms with Crippen LogP contribution in [0.3, 0.4) is 0 Å². The summed E-state index contributed by atoms with van der Waals surface area (Å²) >= 11 is 0. The molecule has 0 amide bonds. The van der Waals surface area contributed by atoms with E-state index in [1.165, 1.54) is 0 Å². The average Bonchev–Trinajstić information content (AvgIpc) is 2.83. The van der Waals surface area contributed by atoms with Crippen LogP contribution in [0.1, 0.15) is 0 Å². The largest absolute Gasteiger partial charge is 0.206 e. The molecule has 0 aliphatic carbocycles. The van der Waals surface area contributed by atoms with Gasteiger partial charge >= 0.3 is 0 Å². The summed E-state index contributed by atoms with van der Waals surface area (Å²) in [7, 11) is 0. The molecular weight excluding hydrogens is 516 g/mol. The number of hydrogen-bond acceptors (Lipinski definition) is 0. The Morgan fingerprint density at radius 2 is 0.806 bits per heavy atom. The molecule has 0 aromatic heterocycles. The fraction of sp³-hybridized carbons (Fsp3) is 0. The highest BCUT2D eigenvalue weighted by Gasteiger charge is 2.33. The van der Waals surface area contributed by atoms with E-state index < -0.39 is 113 Å². The van der Waals surface area contributed by atoms with E-state index >= 15 is 8.78 Å². The first kappa shape index (κ1) is 23.8. The minimum absolute atomic E-state index is 0.240. The zero-order chi connectivity index (χ0) is 26.4. The maximum absolute atomic E-state index is 15.4. The lowest BCUT2D eigenvalue weighted by Gasteiger charge is -2.16. The summed E-state index contributed by atoms with van der Waals surface area (Å²) < 4.78 is 173. The lowest BCUT2D eigenvalue weighted by molar-refractivity contribution is 0.414. The first-order chi connectivity index (χ1) is 16.9. The van der Waals surface area contributed by atoms with Crippen LogP contribution < -0.4 is 0 Å². The van der Waals surface area contributed by atoms with Gasteiger partial charge in [-0.3, -0.25) is 0 Å². The van der Waals surface area contributed by atoms with Crippen LogP contribution in [0.25, 0.3) is 43.4 Å². The van der Waals surface area contributed by atoms with E-state index in [1.807, 2.05) is 0 Å². The first-order valence-corrected chi connectivity index (χ1v) is 9.58. The standard InChI is InChI=1S/C24H4F12/c25-7-2-1-5-3-6(4-8(26)9(5)15(7)27)10-11-12(19(31)22(34)18(10)30)17(29)14-13(16(11)28)20(32)23(35)24(36)21(14)33/h1-4H. The molecule has 5 aromatic rings. The van der Waals surface area contributed by atoms with Gasteiger partial charge in [0.25, 0.3) is 0 Å². The van der Waals surface area contributed by atoms with Crippen molar-refractivity contribution >= 4 is 32.3 Å². The van der Waals surface area contributed by atoms with Crippen LogP contribution in [0.15, 0.2) is 24.3 Å². The monoisotopic (exact) mass is 520 g/mol. The SMILES string of the molecule is Fc1ccc2cc(-c3c(F)c(F)c(F)c4c(F)c5c(F)c(F)c(F)c(F)c5c(F)c34)cc(F)c2c1F. The zero-order valence-corrected chi connectivity index (χ0v) is 16.8. The molecule has 0 spiro atoms. The summed E-state index contributed by atoms with van der Waals surface area (Å²) in [4.78, 5) is 0. The molecule has 5 rings (SSSR count). The molecule has 12 heteroatoms. The second-order valence-corrected chi connectivity index (χ2v) is 7.62. The van der Waals surface area contributed by atoms with Gasteiger partial charge in [-0.05, 0) is 29.1 Å². The summed E-state index contributed by atoms with van der Waals surface area (Å²) in [6, 6.07) is 2.23. The van der Waals surface area contributed by atoms with Gasteiger partial charge in [-0.15, -0.1) is 0 Å². The van der Waals surface area contributed by atoms with Gasteiger partial charge in [-0.1, -0.05) is 6.07 Å². The molecule has 0 aliphatic rings. The molecule has 0 bridgehead atoms. The van der Waals surface area contributed by atoms with Gasteiger partial charge in [-0.2, -0.15) is 0 Å². The van der Waals surface area contributed by atoms with Crippen LogP contribution >= 0.6 is 0 Å². The number of halogens is 12. The fourth-order valence-corrected chi connectivity index (χ4v) is 4.14. The van der Waals surface area contributed by atoms with Crippen molar-refractivity contribution in [2.45, 2.75) is 0 Å². The van der Waals surface area contributed by atoms with Crippen molar-refractivity contribution < 1.29 is 52.7 Å². The zero-order valence-electron chi connectivity index (χ0n) is 16.8. The van der Waals surface area contributed by atoms with Crippen LogP contribution in [-0.4, -0.2) is 0 Å². The Balaban J connectivity index is 2.06. The van der Waals surface area contributed by atoms with Crippen molar-refractivity contribution in [1.82, 2.24) is 0 Å². The second-order valence-electron chi connectivity index (χ2n) is 7.62. The molecule has 0 radical (unpaired) electrons. The number of fused-ring (bicyclic) bond motifs is 3. The molecule has 0 unspecified atom stereocenters. The average molecular weight is 520 g/mol. The first-order valence-electron chi connectivity index (χ1n) is 9.58. The van der Waals surface area contributed by atoms with Gasteiger partial charge in [0.05, 0.1) is 21.5 Å². The third-order valence-corrected chi connectivity index (χ3v) is 5.72. The maximum Gasteiger partial charge on any atom is 0.198 e. The van der Waals surface area contributed by atoms with Gasteiger partial charge in [0.15, 0.2) is 52.4 Å². The molecule has 5 aromatic carbocycles. The smallest absolute Gasteiger partial charge is 0.198 e. The molecule has 0 nitrogen and oxygen atoms in total. The molecule has 0 heterocycles. The van der Waals surface area contributed by atoms with Crippen LogP contribution in [0, 0.1) is 69.8 Å². The number of benzene rings is 5. The van der Waals surface area contributed by atoms with E-state index in [9.17, 15) is 43.9 Å². The summed E-state index contributed by atoms with van der Waals surface area (Å²) in [5, 5.41) is -8.75. The minimum Gasteiger partial charge on any atom is -0.206 e. The third-order valence-electron chi connectivity index (χ3n) is 5.72. The van der Waals surface area contributed by atoms with Crippen molar-refractivity contribution in [3.05, 3.63) is 94.1 Å². The van der Waals surface area contributed by atoms with E-state index in [-0.39, 0.29) is 6.07 Å². The quantitative estimate of drug-likeness (QED) is 0.0901. The van der Waals surface area contributed by atoms with Gasteiger partial charge in [0, 0.05) is 10.9 Å². The van der Waals surface area contributed by atoms with Crippen LogP contribution in [0.2, 0.25) is 0 Å². The van der Waals surface area contributed by atoms with Gasteiger partial charge in [0.1, 0.15) is 17.5 Å². The Labute approximate surface area is 191 Å². The highest BCUT2D eigenvalue weighted by molar-refractivity contribution is 6.08. The Hall–Kier alpha value is -3.96. The Morgan fingerprint density at radius 3 is 1.36 bits per heavy atom. The number of rotatable bonds is 1. The van der Waals surface area contributed by atoms with Crippen molar-refractivity contribution in [3.63, 3.8) is 0 Å². The van der Waals surface area contributed by atoms with E-state index in [0.29, 0.717) is 12.1 Å².